The molecule has 0 fully saturated rings. The first kappa shape index (κ1) is 13.5. The Morgan fingerprint density at radius 2 is 1.82 bits per heavy atom. The first-order chi connectivity index (χ1) is 8.13. The highest BCUT2D eigenvalue weighted by Gasteiger charge is 2.07. The largest absolute Gasteiger partial charge is 0.491 e. The molecule has 0 aliphatic carbocycles. The normalized spacial score (nSPS) is 10.4. The van der Waals surface area contributed by atoms with Crippen LogP contribution in [0, 0.1) is 0 Å². The Labute approximate surface area is 101 Å². The number of ether oxygens (including phenoxy) is 3. The first-order valence-corrected chi connectivity index (χ1v) is 5.56. The summed E-state index contributed by atoms with van der Waals surface area (Å²) in [4.78, 5) is 11.5. The van der Waals surface area contributed by atoms with E-state index in [1.807, 2.05) is 13.8 Å². The molecule has 0 heterocycles. The number of benzene rings is 1. The Hall–Kier alpha value is -1.55. The molecule has 4 heteroatoms. The second-order valence-electron chi connectivity index (χ2n) is 3.82. The maximum absolute atomic E-state index is 11.5. The summed E-state index contributed by atoms with van der Waals surface area (Å²) in [5.41, 5.74) is 0.511. The van der Waals surface area contributed by atoms with Gasteiger partial charge in [-0.15, -0.1) is 0 Å². The van der Waals surface area contributed by atoms with Gasteiger partial charge in [-0.25, -0.2) is 4.79 Å². The lowest BCUT2D eigenvalue weighted by atomic mass is 10.2. The fourth-order valence-corrected chi connectivity index (χ4v) is 1.24. The molecule has 1 aromatic rings. The molecular formula is C13H18O4. The van der Waals surface area contributed by atoms with Crippen LogP contribution in [0.4, 0.5) is 0 Å². The van der Waals surface area contributed by atoms with Crippen molar-refractivity contribution in [3.05, 3.63) is 29.8 Å². The molecule has 0 amide bonds. The number of methoxy groups -OCH3 is 1. The minimum Gasteiger partial charge on any atom is -0.491 e. The van der Waals surface area contributed by atoms with Crippen molar-refractivity contribution in [2.24, 2.45) is 0 Å². The van der Waals surface area contributed by atoms with Crippen molar-refractivity contribution < 1.29 is 19.0 Å². The topological polar surface area (TPSA) is 44.8 Å². The van der Waals surface area contributed by atoms with E-state index in [4.69, 9.17) is 14.2 Å². The van der Waals surface area contributed by atoms with Crippen molar-refractivity contribution >= 4 is 5.97 Å². The Morgan fingerprint density at radius 1 is 1.18 bits per heavy atom. The summed E-state index contributed by atoms with van der Waals surface area (Å²) in [7, 11) is 1.56. The third-order valence-corrected chi connectivity index (χ3v) is 1.98. The molecule has 1 rings (SSSR count). The number of hydrogen-bond acceptors (Lipinski definition) is 4. The molecule has 0 radical (unpaired) electrons. The maximum atomic E-state index is 11.5. The molecule has 0 aliphatic rings. The van der Waals surface area contributed by atoms with E-state index in [-0.39, 0.29) is 18.7 Å². The van der Waals surface area contributed by atoms with Gasteiger partial charge in [0.2, 0.25) is 0 Å². The highest BCUT2D eigenvalue weighted by molar-refractivity contribution is 5.89. The van der Waals surface area contributed by atoms with Crippen LogP contribution in [0.1, 0.15) is 24.2 Å². The van der Waals surface area contributed by atoms with Crippen LogP contribution in [0.15, 0.2) is 24.3 Å². The van der Waals surface area contributed by atoms with Crippen molar-refractivity contribution in [3.63, 3.8) is 0 Å². The van der Waals surface area contributed by atoms with Gasteiger partial charge in [-0.3, -0.25) is 0 Å². The van der Waals surface area contributed by atoms with Gasteiger partial charge in [0.1, 0.15) is 12.4 Å². The first-order valence-electron chi connectivity index (χ1n) is 5.56. The summed E-state index contributed by atoms with van der Waals surface area (Å²) >= 11 is 0. The minimum atomic E-state index is -0.349. The predicted molar refractivity (Wildman–Crippen MR) is 64.4 cm³/mol. The number of carbonyl (C=O) groups excluding carboxylic acids is 1. The quantitative estimate of drug-likeness (QED) is 0.563. The fraction of sp³-hybridized carbons (Fsp3) is 0.462. The molecule has 4 nitrogen and oxygen atoms in total. The van der Waals surface area contributed by atoms with E-state index in [2.05, 4.69) is 0 Å². The SMILES string of the molecule is COCCOC(=O)c1ccc(OC(C)C)cc1. The third-order valence-electron chi connectivity index (χ3n) is 1.98. The number of carbonyl (C=O) groups is 1. The van der Waals surface area contributed by atoms with E-state index in [1.165, 1.54) is 0 Å². The Bertz CT molecular complexity index is 343. The molecule has 0 atom stereocenters. The second kappa shape index (κ2) is 6.91. The number of hydrogen-bond donors (Lipinski definition) is 0. The lowest BCUT2D eigenvalue weighted by molar-refractivity contribution is 0.0388. The summed E-state index contributed by atoms with van der Waals surface area (Å²) in [5, 5.41) is 0. The number of rotatable bonds is 6. The zero-order valence-electron chi connectivity index (χ0n) is 10.4. The van der Waals surface area contributed by atoms with Crippen LogP contribution in [-0.4, -0.2) is 32.4 Å². The Morgan fingerprint density at radius 3 is 2.35 bits per heavy atom. The maximum Gasteiger partial charge on any atom is 0.338 e. The van der Waals surface area contributed by atoms with Gasteiger partial charge < -0.3 is 14.2 Å². The van der Waals surface area contributed by atoms with Crippen LogP contribution in [0.25, 0.3) is 0 Å². The van der Waals surface area contributed by atoms with Crippen molar-refractivity contribution in [2.45, 2.75) is 20.0 Å². The van der Waals surface area contributed by atoms with Gasteiger partial charge in [0, 0.05) is 7.11 Å². The molecule has 0 aromatic heterocycles. The molecule has 0 aliphatic heterocycles. The van der Waals surface area contributed by atoms with Crippen LogP contribution in [0.2, 0.25) is 0 Å². The highest BCUT2D eigenvalue weighted by Crippen LogP contribution is 2.14. The summed E-state index contributed by atoms with van der Waals surface area (Å²) in [5.74, 6) is 0.395. The van der Waals surface area contributed by atoms with Crippen LogP contribution in [0.3, 0.4) is 0 Å². The average Bonchev–Trinajstić information content (AvgIpc) is 2.29. The molecule has 0 saturated heterocycles. The highest BCUT2D eigenvalue weighted by atomic mass is 16.6. The van der Waals surface area contributed by atoms with E-state index < -0.39 is 0 Å². The molecule has 1 aromatic carbocycles. The molecule has 0 N–H and O–H groups in total. The van der Waals surface area contributed by atoms with Crippen molar-refractivity contribution in [1.82, 2.24) is 0 Å². The van der Waals surface area contributed by atoms with E-state index in [0.717, 1.165) is 5.75 Å². The van der Waals surface area contributed by atoms with Crippen LogP contribution < -0.4 is 4.74 Å². The van der Waals surface area contributed by atoms with Gasteiger partial charge in [-0.2, -0.15) is 0 Å². The smallest absolute Gasteiger partial charge is 0.338 e. The number of esters is 1. The minimum absolute atomic E-state index is 0.120. The van der Waals surface area contributed by atoms with Crippen LogP contribution in [0.5, 0.6) is 5.75 Å². The summed E-state index contributed by atoms with van der Waals surface area (Å²) < 4.78 is 15.3. The molecule has 0 bridgehead atoms. The summed E-state index contributed by atoms with van der Waals surface area (Å²) in [6.45, 7) is 4.57. The van der Waals surface area contributed by atoms with E-state index in [1.54, 1.807) is 31.4 Å². The van der Waals surface area contributed by atoms with Crippen LogP contribution in [-0.2, 0) is 9.47 Å². The van der Waals surface area contributed by atoms with Gasteiger partial charge in [0.15, 0.2) is 0 Å². The Balaban J connectivity index is 2.52. The van der Waals surface area contributed by atoms with E-state index in [9.17, 15) is 4.79 Å². The molecule has 0 unspecified atom stereocenters. The lowest BCUT2D eigenvalue weighted by Crippen LogP contribution is -2.10. The van der Waals surface area contributed by atoms with Gasteiger partial charge >= 0.3 is 5.97 Å². The van der Waals surface area contributed by atoms with Crippen LogP contribution >= 0.6 is 0 Å². The monoisotopic (exact) mass is 238 g/mol. The lowest BCUT2D eigenvalue weighted by Gasteiger charge is -2.09. The van der Waals surface area contributed by atoms with Gasteiger partial charge in [-0.1, -0.05) is 0 Å². The molecule has 0 spiro atoms. The van der Waals surface area contributed by atoms with Crippen molar-refractivity contribution in [1.29, 1.82) is 0 Å². The standard InChI is InChI=1S/C13H18O4/c1-10(2)17-12-6-4-11(5-7-12)13(14)16-9-8-15-3/h4-7,10H,8-9H2,1-3H3. The van der Waals surface area contributed by atoms with Gasteiger partial charge in [0.05, 0.1) is 18.3 Å². The summed E-state index contributed by atoms with van der Waals surface area (Å²) in [6.07, 6.45) is 0.120. The Kier molecular flexibility index (Phi) is 5.49. The summed E-state index contributed by atoms with van der Waals surface area (Å²) in [6, 6.07) is 6.89. The van der Waals surface area contributed by atoms with E-state index >= 15 is 0 Å². The molecule has 17 heavy (non-hydrogen) atoms. The predicted octanol–water partition coefficient (Wildman–Crippen LogP) is 2.28. The second-order valence-corrected chi connectivity index (χ2v) is 3.82. The van der Waals surface area contributed by atoms with Crippen molar-refractivity contribution in [2.75, 3.05) is 20.3 Å². The zero-order chi connectivity index (χ0) is 12.7. The third kappa shape index (κ3) is 4.87. The average molecular weight is 238 g/mol. The molecule has 94 valence electrons. The molecular weight excluding hydrogens is 220 g/mol. The molecule has 0 saturated carbocycles. The zero-order valence-corrected chi connectivity index (χ0v) is 10.4. The van der Waals surface area contributed by atoms with Gasteiger partial charge in [-0.05, 0) is 38.1 Å². The van der Waals surface area contributed by atoms with E-state index in [0.29, 0.717) is 12.2 Å². The van der Waals surface area contributed by atoms with Gasteiger partial charge in [0.25, 0.3) is 0 Å². The fourth-order valence-electron chi connectivity index (χ4n) is 1.24. The van der Waals surface area contributed by atoms with Crippen molar-refractivity contribution in [3.8, 4) is 5.75 Å².